The van der Waals surface area contributed by atoms with E-state index >= 15 is 0 Å². The predicted octanol–water partition coefficient (Wildman–Crippen LogP) is 3.03. The van der Waals surface area contributed by atoms with Crippen molar-refractivity contribution in [2.45, 2.75) is 12.3 Å². The average Bonchev–Trinajstić information content (AvgIpc) is 2.93. The molecule has 3 rings (SSSR count). The van der Waals surface area contributed by atoms with Crippen LogP contribution in [0.4, 0.5) is 8.78 Å². The molecule has 0 unspecified atom stereocenters. The molecule has 2 aromatic rings. The van der Waals surface area contributed by atoms with Gasteiger partial charge in [-0.25, -0.2) is 8.78 Å². The smallest absolute Gasteiger partial charge is 0.255 e. The van der Waals surface area contributed by atoms with Gasteiger partial charge in [-0.2, -0.15) is 0 Å². The van der Waals surface area contributed by atoms with E-state index in [9.17, 15) is 13.6 Å². The molecule has 1 aliphatic heterocycles. The summed E-state index contributed by atoms with van der Waals surface area (Å²) in [6.45, 7) is -0.297. The second kappa shape index (κ2) is 4.31. The van der Waals surface area contributed by atoms with E-state index in [1.54, 1.807) is 5.38 Å². The van der Waals surface area contributed by atoms with Crippen molar-refractivity contribution in [3.8, 4) is 0 Å². The number of rotatable bonds is 1. The van der Waals surface area contributed by atoms with Crippen LogP contribution in [-0.4, -0.2) is 36.2 Å². The summed E-state index contributed by atoms with van der Waals surface area (Å²) in [5.41, 5.74) is 0.539. The molecule has 18 heavy (non-hydrogen) atoms. The van der Waals surface area contributed by atoms with Crippen LogP contribution in [0.25, 0.3) is 10.1 Å². The van der Waals surface area contributed by atoms with Gasteiger partial charge in [-0.3, -0.25) is 4.79 Å². The van der Waals surface area contributed by atoms with Gasteiger partial charge >= 0.3 is 0 Å². The molecule has 1 amide bonds. The Morgan fingerprint density at radius 3 is 2.61 bits per heavy atom. The first-order valence-corrected chi connectivity index (χ1v) is 6.58. The van der Waals surface area contributed by atoms with Crippen molar-refractivity contribution >= 4 is 27.3 Å². The third-order valence-corrected chi connectivity index (χ3v) is 4.14. The quantitative estimate of drug-likeness (QED) is 0.777. The summed E-state index contributed by atoms with van der Waals surface area (Å²) < 4.78 is 27.2. The van der Waals surface area contributed by atoms with Gasteiger partial charge in [0.2, 0.25) is 0 Å². The van der Waals surface area contributed by atoms with Gasteiger partial charge in [0.1, 0.15) is 0 Å². The van der Waals surface area contributed by atoms with Crippen LogP contribution in [0, 0.1) is 0 Å². The van der Waals surface area contributed by atoms with E-state index in [1.807, 2.05) is 24.3 Å². The Morgan fingerprint density at radius 1 is 1.22 bits per heavy atom. The van der Waals surface area contributed by atoms with Crippen molar-refractivity contribution in [1.82, 2.24) is 4.90 Å². The molecule has 94 valence electrons. The van der Waals surface area contributed by atoms with Crippen LogP contribution < -0.4 is 0 Å². The van der Waals surface area contributed by atoms with Crippen molar-refractivity contribution in [2.24, 2.45) is 0 Å². The molecule has 1 aromatic heterocycles. The number of amides is 1. The number of hydrogen-bond acceptors (Lipinski definition) is 2. The number of thiophene rings is 1. The van der Waals surface area contributed by atoms with Gasteiger partial charge in [0.15, 0.2) is 12.3 Å². The van der Waals surface area contributed by atoms with Gasteiger partial charge < -0.3 is 4.90 Å². The molecule has 1 aromatic carbocycles. The number of alkyl halides is 2. The molecule has 1 fully saturated rings. The molecule has 2 atom stereocenters. The Kier molecular flexibility index (Phi) is 2.78. The highest BCUT2D eigenvalue weighted by atomic mass is 32.1. The number of carbonyl (C=O) groups is 1. The standard InChI is InChI=1S/C13H11F2NOS/c14-10-5-16(6-11(10)15)13(17)9-7-18-12-4-2-1-3-8(9)12/h1-4,7,10-11H,5-6H2/t10-,11+. The number of likely N-dealkylation sites (tertiary alicyclic amines) is 1. The molecule has 0 aliphatic carbocycles. The zero-order valence-corrected chi connectivity index (χ0v) is 10.3. The number of fused-ring (bicyclic) bond motifs is 1. The minimum Gasteiger partial charge on any atom is -0.333 e. The van der Waals surface area contributed by atoms with Gasteiger partial charge in [-0.05, 0) is 6.07 Å². The van der Waals surface area contributed by atoms with Crippen molar-refractivity contribution in [1.29, 1.82) is 0 Å². The van der Waals surface area contributed by atoms with E-state index in [1.165, 1.54) is 16.2 Å². The van der Waals surface area contributed by atoms with Crippen LogP contribution in [0.2, 0.25) is 0 Å². The van der Waals surface area contributed by atoms with Crippen molar-refractivity contribution in [3.05, 3.63) is 35.2 Å². The van der Waals surface area contributed by atoms with E-state index < -0.39 is 12.3 Å². The summed E-state index contributed by atoms with van der Waals surface area (Å²) in [4.78, 5) is 13.5. The highest BCUT2D eigenvalue weighted by Crippen LogP contribution is 2.28. The zero-order chi connectivity index (χ0) is 12.7. The van der Waals surface area contributed by atoms with Crippen molar-refractivity contribution < 1.29 is 13.6 Å². The lowest BCUT2D eigenvalue weighted by Crippen LogP contribution is -2.29. The number of carbonyl (C=O) groups excluding carboxylic acids is 1. The Hall–Kier alpha value is -1.49. The maximum atomic E-state index is 13.1. The Labute approximate surface area is 107 Å². The molecular formula is C13H11F2NOS. The topological polar surface area (TPSA) is 20.3 Å². The van der Waals surface area contributed by atoms with E-state index in [-0.39, 0.29) is 19.0 Å². The first-order valence-electron chi connectivity index (χ1n) is 5.70. The monoisotopic (exact) mass is 267 g/mol. The summed E-state index contributed by atoms with van der Waals surface area (Å²) in [7, 11) is 0. The fourth-order valence-corrected chi connectivity index (χ4v) is 3.14. The van der Waals surface area contributed by atoms with E-state index in [0.717, 1.165) is 10.1 Å². The van der Waals surface area contributed by atoms with Crippen LogP contribution in [0.15, 0.2) is 29.6 Å². The summed E-state index contributed by atoms with van der Waals surface area (Å²) in [6, 6.07) is 7.54. The lowest BCUT2D eigenvalue weighted by Gasteiger charge is -2.14. The average molecular weight is 267 g/mol. The molecule has 0 spiro atoms. The Morgan fingerprint density at radius 2 is 1.89 bits per heavy atom. The second-order valence-electron chi connectivity index (χ2n) is 4.39. The number of benzene rings is 1. The fourth-order valence-electron chi connectivity index (χ4n) is 2.20. The lowest BCUT2D eigenvalue weighted by molar-refractivity contribution is 0.0781. The van der Waals surface area contributed by atoms with Crippen LogP contribution in [0.3, 0.4) is 0 Å². The molecule has 0 bridgehead atoms. The summed E-state index contributed by atoms with van der Waals surface area (Å²) >= 11 is 1.47. The number of halogens is 2. The Bertz CT molecular complexity index is 587. The molecule has 1 aliphatic rings. The third kappa shape index (κ3) is 1.79. The van der Waals surface area contributed by atoms with Gasteiger partial charge in [-0.15, -0.1) is 11.3 Å². The minimum absolute atomic E-state index is 0.149. The highest BCUT2D eigenvalue weighted by molar-refractivity contribution is 7.17. The molecule has 0 radical (unpaired) electrons. The third-order valence-electron chi connectivity index (χ3n) is 3.18. The van der Waals surface area contributed by atoms with E-state index in [4.69, 9.17) is 0 Å². The van der Waals surface area contributed by atoms with Crippen LogP contribution in [0.5, 0.6) is 0 Å². The number of hydrogen-bond donors (Lipinski definition) is 0. The van der Waals surface area contributed by atoms with Gasteiger partial charge in [-0.1, -0.05) is 18.2 Å². The minimum atomic E-state index is -1.56. The highest BCUT2D eigenvalue weighted by Gasteiger charge is 2.36. The molecular weight excluding hydrogens is 256 g/mol. The normalized spacial score (nSPS) is 23.8. The predicted molar refractivity (Wildman–Crippen MR) is 67.5 cm³/mol. The molecule has 2 heterocycles. The zero-order valence-electron chi connectivity index (χ0n) is 9.48. The van der Waals surface area contributed by atoms with Crippen molar-refractivity contribution in [2.75, 3.05) is 13.1 Å². The first kappa shape index (κ1) is 11.6. The van der Waals surface area contributed by atoms with Crippen molar-refractivity contribution in [3.63, 3.8) is 0 Å². The van der Waals surface area contributed by atoms with E-state index in [2.05, 4.69) is 0 Å². The summed E-state index contributed by atoms with van der Waals surface area (Å²) in [6.07, 6.45) is -3.11. The van der Waals surface area contributed by atoms with E-state index in [0.29, 0.717) is 5.56 Å². The second-order valence-corrected chi connectivity index (χ2v) is 5.30. The summed E-state index contributed by atoms with van der Waals surface area (Å²) in [5, 5.41) is 2.61. The molecule has 0 N–H and O–H groups in total. The van der Waals surface area contributed by atoms with Gasteiger partial charge in [0.25, 0.3) is 5.91 Å². The van der Waals surface area contributed by atoms with Gasteiger partial charge in [0.05, 0.1) is 18.7 Å². The lowest BCUT2D eigenvalue weighted by atomic mass is 10.1. The molecule has 0 saturated carbocycles. The maximum Gasteiger partial charge on any atom is 0.255 e. The largest absolute Gasteiger partial charge is 0.333 e. The van der Waals surface area contributed by atoms with Crippen LogP contribution in [-0.2, 0) is 0 Å². The number of nitrogens with zero attached hydrogens (tertiary/aromatic N) is 1. The first-order chi connectivity index (χ1) is 8.66. The van der Waals surface area contributed by atoms with Gasteiger partial charge in [0, 0.05) is 15.5 Å². The van der Waals surface area contributed by atoms with Crippen LogP contribution in [0.1, 0.15) is 10.4 Å². The molecule has 2 nitrogen and oxygen atoms in total. The molecule has 1 saturated heterocycles. The SMILES string of the molecule is O=C(c1csc2ccccc12)N1C[C@@H](F)[C@@H](F)C1. The maximum absolute atomic E-state index is 13.1. The Balaban J connectivity index is 1.93. The van der Waals surface area contributed by atoms with Crippen LogP contribution >= 0.6 is 11.3 Å². The fraction of sp³-hybridized carbons (Fsp3) is 0.308. The summed E-state index contributed by atoms with van der Waals surface area (Å²) in [5.74, 6) is -0.282. The molecule has 5 heteroatoms.